The fourth-order valence-corrected chi connectivity index (χ4v) is 5.66. The average molecular weight is 652 g/mol. The van der Waals surface area contributed by atoms with Crippen LogP contribution in [0.3, 0.4) is 0 Å². The van der Waals surface area contributed by atoms with Gasteiger partial charge in [0.2, 0.25) is 18.9 Å². The third kappa shape index (κ3) is 9.35. The van der Waals surface area contributed by atoms with Crippen LogP contribution in [0.4, 0.5) is 15.4 Å². The molecule has 1 saturated carbocycles. The Bertz CT molecular complexity index is 1250. The Labute approximate surface area is 251 Å². The maximum Gasteiger partial charge on any atom is 0.510 e. The molecule has 3 atom stereocenters. The van der Waals surface area contributed by atoms with Crippen molar-refractivity contribution in [3.8, 4) is 0 Å². The van der Waals surface area contributed by atoms with Crippen molar-refractivity contribution in [1.82, 2.24) is 19.7 Å². The Kier molecular flexibility index (Phi) is 12.2. The number of hydrogen-bond acceptors (Lipinski definition) is 16. The minimum absolute atomic E-state index is 0.0443. The number of carbonyl (C=O) groups is 2. The van der Waals surface area contributed by atoms with Crippen LogP contribution in [0.15, 0.2) is 6.20 Å². The standard InChI is InChI=1S/C24H35ClN5O12P/c1-3-36-23(32)38-12-40-43(34,41-13-39-24(33)37-4-2)14-35-11-18-17(31)9-19(42-18)30-21-16(10-26-30)20(28-22(25)29-21)27-15-7-5-6-8-15/h10,15,17-19,31H,3-9,11-14H2,1-2H3,(H,27,28,29)/t17-,18+,19+/m0/s1. The SMILES string of the molecule is CCOC(=O)OCOP(=O)(COC[C@H]1O[C@@H](n2ncc3c(NC4CCCC4)nc(Cl)nc32)C[C@@H]1O)OCOC(=O)OCC. The predicted molar refractivity (Wildman–Crippen MR) is 147 cm³/mol. The number of fused-ring (bicyclic) bond motifs is 1. The molecule has 0 amide bonds. The molecule has 2 aliphatic rings. The zero-order valence-electron chi connectivity index (χ0n) is 23.7. The first-order valence-corrected chi connectivity index (χ1v) is 15.9. The summed E-state index contributed by atoms with van der Waals surface area (Å²) < 4.78 is 54.9. The van der Waals surface area contributed by atoms with Gasteiger partial charge in [0.25, 0.3) is 0 Å². The Hall–Kier alpha value is -2.79. The van der Waals surface area contributed by atoms with Gasteiger partial charge in [-0.1, -0.05) is 12.8 Å². The highest BCUT2D eigenvalue weighted by molar-refractivity contribution is 7.53. The number of carbonyl (C=O) groups excluding carboxylic acids is 2. The summed E-state index contributed by atoms with van der Waals surface area (Å²) in [5, 5.41) is 19.2. The number of nitrogens with zero attached hydrogens (tertiary/aromatic N) is 4. The third-order valence-electron chi connectivity index (χ3n) is 6.51. The first-order chi connectivity index (χ1) is 20.7. The topological polar surface area (TPSA) is 201 Å². The second-order valence-electron chi connectivity index (χ2n) is 9.49. The van der Waals surface area contributed by atoms with Crippen molar-refractivity contribution in [2.45, 2.75) is 70.4 Å². The molecule has 1 saturated heterocycles. The van der Waals surface area contributed by atoms with Crippen LogP contribution in [0.25, 0.3) is 11.0 Å². The van der Waals surface area contributed by atoms with Gasteiger partial charge in [0.1, 0.15) is 18.3 Å². The summed E-state index contributed by atoms with van der Waals surface area (Å²) in [5.74, 6) is 0.584. The molecule has 1 aliphatic heterocycles. The van der Waals surface area contributed by atoms with E-state index in [4.69, 9.17) is 30.1 Å². The molecular formula is C24H35ClN5O12P. The smallest absolute Gasteiger partial charge is 0.435 e. The summed E-state index contributed by atoms with van der Waals surface area (Å²) >= 11 is 6.22. The molecule has 0 bridgehead atoms. The number of nitrogens with one attached hydrogen (secondary N) is 1. The predicted octanol–water partition coefficient (Wildman–Crippen LogP) is 3.94. The Morgan fingerprint density at radius 2 is 1.74 bits per heavy atom. The van der Waals surface area contributed by atoms with Gasteiger partial charge in [-0.3, -0.25) is 13.6 Å². The molecule has 4 rings (SSSR count). The van der Waals surface area contributed by atoms with Crippen molar-refractivity contribution >= 4 is 48.4 Å². The van der Waals surface area contributed by atoms with Crippen molar-refractivity contribution in [3.63, 3.8) is 0 Å². The van der Waals surface area contributed by atoms with Gasteiger partial charge in [0.05, 0.1) is 37.5 Å². The first-order valence-electron chi connectivity index (χ1n) is 13.8. The van der Waals surface area contributed by atoms with Crippen molar-refractivity contribution in [3.05, 3.63) is 11.5 Å². The normalized spacial score (nSPS) is 20.8. The number of ether oxygens (including phenoxy) is 6. The maximum atomic E-state index is 13.1. The summed E-state index contributed by atoms with van der Waals surface area (Å²) in [6.45, 7) is 1.45. The van der Waals surface area contributed by atoms with E-state index in [1.165, 1.54) is 4.68 Å². The van der Waals surface area contributed by atoms with E-state index in [9.17, 15) is 19.3 Å². The third-order valence-corrected chi connectivity index (χ3v) is 8.17. The molecule has 17 nitrogen and oxygen atoms in total. The molecule has 3 heterocycles. The van der Waals surface area contributed by atoms with Crippen molar-refractivity contribution < 1.29 is 56.7 Å². The zero-order valence-corrected chi connectivity index (χ0v) is 25.4. The molecule has 0 radical (unpaired) electrons. The number of rotatable bonds is 15. The summed E-state index contributed by atoms with van der Waals surface area (Å²) in [6.07, 6.45) is 0.847. The van der Waals surface area contributed by atoms with E-state index >= 15 is 0 Å². The highest BCUT2D eigenvalue weighted by Gasteiger charge is 2.38. The molecule has 2 aromatic heterocycles. The van der Waals surface area contributed by atoms with Crippen LogP contribution in [0, 0.1) is 0 Å². The van der Waals surface area contributed by atoms with E-state index in [1.54, 1.807) is 20.0 Å². The molecule has 0 aromatic carbocycles. The summed E-state index contributed by atoms with van der Waals surface area (Å²) in [7, 11) is -4.15. The van der Waals surface area contributed by atoms with Crippen LogP contribution in [-0.2, 0) is 42.0 Å². The number of anilines is 1. The van der Waals surface area contributed by atoms with E-state index in [0.717, 1.165) is 25.7 Å². The highest BCUT2D eigenvalue weighted by Crippen LogP contribution is 2.48. The lowest BCUT2D eigenvalue weighted by atomic mass is 10.2. The zero-order chi connectivity index (χ0) is 30.8. The molecule has 43 heavy (non-hydrogen) atoms. The molecular weight excluding hydrogens is 617 g/mol. The van der Waals surface area contributed by atoms with Gasteiger partial charge in [-0.2, -0.15) is 15.1 Å². The number of hydrogen-bond donors (Lipinski definition) is 2. The van der Waals surface area contributed by atoms with Crippen LogP contribution in [-0.4, -0.2) is 95.2 Å². The quantitative estimate of drug-likeness (QED) is 0.121. The molecule has 1 aliphatic carbocycles. The first kappa shape index (κ1) is 33.1. The minimum Gasteiger partial charge on any atom is -0.435 e. The van der Waals surface area contributed by atoms with E-state index in [1.807, 2.05) is 0 Å². The molecule has 2 N–H and O–H groups in total. The van der Waals surface area contributed by atoms with E-state index < -0.39 is 58.3 Å². The maximum absolute atomic E-state index is 13.1. The number of aromatic nitrogens is 4. The second kappa shape index (κ2) is 15.8. The lowest BCUT2D eigenvalue weighted by Crippen LogP contribution is -2.27. The monoisotopic (exact) mass is 651 g/mol. The average Bonchev–Trinajstić information content (AvgIpc) is 3.70. The Morgan fingerprint density at radius 1 is 1.09 bits per heavy atom. The van der Waals surface area contributed by atoms with E-state index in [-0.39, 0.29) is 31.5 Å². The van der Waals surface area contributed by atoms with Crippen molar-refractivity contribution in [2.75, 3.05) is 45.1 Å². The molecule has 19 heteroatoms. The number of aliphatic hydroxyl groups excluding tert-OH is 1. The fourth-order valence-electron chi connectivity index (χ4n) is 4.52. The molecule has 2 aromatic rings. The van der Waals surface area contributed by atoms with Crippen molar-refractivity contribution in [2.24, 2.45) is 0 Å². The van der Waals surface area contributed by atoms with Gasteiger partial charge in [-0.05, 0) is 38.3 Å². The van der Waals surface area contributed by atoms with Crippen LogP contribution >= 0.6 is 19.2 Å². The van der Waals surface area contributed by atoms with Gasteiger partial charge in [0, 0.05) is 12.5 Å². The summed E-state index contributed by atoms with van der Waals surface area (Å²) in [4.78, 5) is 31.5. The van der Waals surface area contributed by atoms with Crippen molar-refractivity contribution in [1.29, 1.82) is 0 Å². The van der Waals surface area contributed by atoms with Crippen LogP contribution in [0.2, 0.25) is 5.28 Å². The lowest BCUT2D eigenvalue weighted by Gasteiger charge is -2.20. The lowest BCUT2D eigenvalue weighted by molar-refractivity contribution is -0.0636. The fraction of sp³-hybridized carbons (Fsp3) is 0.708. The van der Waals surface area contributed by atoms with E-state index in [2.05, 4.69) is 39.3 Å². The van der Waals surface area contributed by atoms with Gasteiger partial charge in [0.15, 0.2) is 11.9 Å². The van der Waals surface area contributed by atoms with Gasteiger partial charge in [-0.15, -0.1) is 0 Å². The Morgan fingerprint density at radius 3 is 2.37 bits per heavy atom. The number of halogens is 1. The van der Waals surface area contributed by atoms with Gasteiger partial charge < -0.3 is 38.8 Å². The minimum atomic E-state index is -4.15. The second-order valence-corrected chi connectivity index (χ2v) is 11.8. The molecule has 240 valence electrons. The van der Waals surface area contributed by atoms with E-state index in [0.29, 0.717) is 22.9 Å². The van der Waals surface area contributed by atoms with Crippen LogP contribution in [0.1, 0.15) is 52.2 Å². The van der Waals surface area contributed by atoms with Gasteiger partial charge >= 0.3 is 19.9 Å². The largest absolute Gasteiger partial charge is 0.510 e. The highest BCUT2D eigenvalue weighted by atomic mass is 35.5. The molecule has 0 unspecified atom stereocenters. The summed E-state index contributed by atoms with van der Waals surface area (Å²) in [5.41, 5.74) is 0.439. The summed E-state index contributed by atoms with van der Waals surface area (Å²) in [6, 6.07) is 0.293. The Balaban J connectivity index is 1.35. The van der Waals surface area contributed by atoms with Gasteiger partial charge in [-0.25, -0.2) is 14.3 Å². The van der Waals surface area contributed by atoms with Crippen LogP contribution in [0.5, 0.6) is 0 Å². The molecule has 2 fully saturated rings. The van der Waals surface area contributed by atoms with Crippen LogP contribution < -0.4 is 5.32 Å². The number of aliphatic hydroxyl groups is 1. The molecule has 0 spiro atoms.